The summed E-state index contributed by atoms with van der Waals surface area (Å²) in [6, 6.07) is 14.1. The van der Waals surface area contributed by atoms with E-state index in [9.17, 15) is 14.4 Å². The largest absolute Gasteiger partial charge is 0.490 e. The SMILES string of the molecule is CCOc1cc(/C=C2/SC(=S)N(NC(=O)Cc3ccccc3)C2=O)ccc1OC(C)C(=O)O. The number of ether oxygens (including phenoxy) is 2. The molecule has 1 aliphatic rings. The third kappa shape index (κ3) is 6.33. The van der Waals surface area contributed by atoms with Gasteiger partial charge in [-0.15, -0.1) is 0 Å². The van der Waals surface area contributed by atoms with E-state index in [1.165, 1.54) is 6.92 Å². The van der Waals surface area contributed by atoms with Crippen LogP contribution in [0.5, 0.6) is 11.5 Å². The van der Waals surface area contributed by atoms with Gasteiger partial charge >= 0.3 is 5.97 Å². The standard InChI is InChI=1S/C23H22N2O6S2/c1-3-30-18-11-16(9-10-17(18)31-14(2)22(28)29)12-19-21(27)25(23(32)33-19)24-20(26)13-15-7-5-4-6-8-15/h4-12,14H,3,13H2,1-2H3,(H,24,26)(H,28,29)/b19-12+. The van der Waals surface area contributed by atoms with Crippen LogP contribution in [0.25, 0.3) is 6.08 Å². The average Bonchev–Trinajstić information content (AvgIpc) is 3.03. The molecule has 0 saturated carbocycles. The molecule has 1 atom stereocenters. The molecule has 2 N–H and O–H groups in total. The van der Waals surface area contributed by atoms with Gasteiger partial charge in [-0.2, -0.15) is 5.01 Å². The number of carbonyl (C=O) groups excluding carboxylic acids is 2. The summed E-state index contributed by atoms with van der Waals surface area (Å²) in [6.45, 7) is 3.56. The highest BCUT2D eigenvalue weighted by molar-refractivity contribution is 8.26. The Morgan fingerprint density at radius 1 is 1.21 bits per heavy atom. The van der Waals surface area contributed by atoms with Crippen molar-refractivity contribution in [2.24, 2.45) is 0 Å². The number of hydrazine groups is 1. The monoisotopic (exact) mass is 486 g/mol. The van der Waals surface area contributed by atoms with E-state index in [1.807, 2.05) is 30.3 Å². The van der Waals surface area contributed by atoms with Gasteiger partial charge in [-0.1, -0.05) is 48.2 Å². The number of carboxylic acids is 1. The molecule has 2 aromatic carbocycles. The maximum atomic E-state index is 12.8. The average molecular weight is 487 g/mol. The number of thiocarbonyl (C=S) groups is 1. The lowest BCUT2D eigenvalue weighted by atomic mass is 10.1. The summed E-state index contributed by atoms with van der Waals surface area (Å²) in [5.41, 5.74) is 4.01. The molecule has 172 valence electrons. The Hall–Kier alpha value is -3.37. The van der Waals surface area contributed by atoms with Gasteiger partial charge in [0.2, 0.25) is 5.91 Å². The highest BCUT2D eigenvalue weighted by Gasteiger charge is 2.33. The molecule has 3 rings (SSSR count). The van der Waals surface area contributed by atoms with Crippen molar-refractivity contribution in [1.82, 2.24) is 10.4 Å². The zero-order valence-electron chi connectivity index (χ0n) is 17.9. The van der Waals surface area contributed by atoms with Crippen LogP contribution in [-0.4, -0.2) is 44.9 Å². The summed E-state index contributed by atoms with van der Waals surface area (Å²) in [4.78, 5) is 36.6. The van der Waals surface area contributed by atoms with E-state index in [4.69, 9.17) is 26.8 Å². The van der Waals surface area contributed by atoms with Gasteiger partial charge in [-0.25, -0.2) is 4.79 Å². The molecule has 0 radical (unpaired) electrons. The van der Waals surface area contributed by atoms with Crippen LogP contribution in [0.3, 0.4) is 0 Å². The highest BCUT2D eigenvalue weighted by atomic mass is 32.2. The van der Waals surface area contributed by atoms with Crippen molar-refractivity contribution in [3.63, 3.8) is 0 Å². The minimum absolute atomic E-state index is 0.116. The second kappa shape index (κ2) is 11.0. The Kier molecular flexibility index (Phi) is 8.07. The second-order valence-electron chi connectivity index (χ2n) is 6.95. The molecule has 10 heteroatoms. The van der Waals surface area contributed by atoms with Crippen LogP contribution in [-0.2, 0) is 20.8 Å². The van der Waals surface area contributed by atoms with Crippen molar-refractivity contribution in [2.75, 3.05) is 6.61 Å². The molecule has 0 bridgehead atoms. The van der Waals surface area contributed by atoms with Gasteiger partial charge in [0.1, 0.15) is 0 Å². The first-order valence-electron chi connectivity index (χ1n) is 10.1. The minimum Gasteiger partial charge on any atom is -0.490 e. The zero-order valence-corrected chi connectivity index (χ0v) is 19.6. The van der Waals surface area contributed by atoms with E-state index in [-0.39, 0.29) is 22.4 Å². The van der Waals surface area contributed by atoms with E-state index < -0.39 is 18.0 Å². The van der Waals surface area contributed by atoms with Gasteiger partial charge in [0.15, 0.2) is 21.9 Å². The molecule has 2 amide bonds. The third-order valence-corrected chi connectivity index (χ3v) is 5.76. The van der Waals surface area contributed by atoms with Crippen LogP contribution in [0.1, 0.15) is 25.0 Å². The van der Waals surface area contributed by atoms with Crippen molar-refractivity contribution in [3.05, 3.63) is 64.6 Å². The molecule has 0 spiro atoms. The van der Waals surface area contributed by atoms with Gasteiger partial charge in [-0.05, 0) is 55.4 Å². The molecule has 0 aromatic heterocycles. The fourth-order valence-corrected chi connectivity index (χ4v) is 4.06. The van der Waals surface area contributed by atoms with Crippen LogP contribution in [0, 0.1) is 0 Å². The molecule has 0 aliphatic carbocycles. The number of thioether (sulfide) groups is 1. The number of aliphatic carboxylic acids is 1. The first-order chi connectivity index (χ1) is 15.8. The Bertz CT molecular complexity index is 1100. The first kappa shape index (κ1) is 24.3. The number of carbonyl (C=O) groups is 3. The predicted octanol–water partition coefficient (Wildman–Crippen LogP) is 3.41. The lowest BCUT2D eigenvalue weighted by molar-refractivity contribution is -0.144. The number of rotatable bonds is 9. The van der Waals surface area contributed by atoms with Crippen LogP contribution < -0.4 is 14.9 Å². The maximum Gasteiger partial charge on any atom is 0.344 e. The lowest BCUT2D eigenvalue weighted by Crippen LogP contribution is -2.45. The fraction of sp³-hybridized carbons (Fsp3) is 0.217. The Morgan fingerprint density at radius 3 is 2.61 bits per heavy atom. The number of carboxylic acid groups (broad SMARTS) is 1. The topological polar surface area (TPSA) is 105 Å². The van der Waals surface area contributed by atoms with E-state index in [0.717, 1.165) is 22.3 Å². The van der Waals surface area contributed by atoms with Crippen molar-refractivity contribution >= 4 is 52.2 Å². The van der Waals surface area contributed by atoms with E-state index in [0.29, 0.717) is 22.8 Å². The van der Waals surface area contributed by atoms with Crippen molar-refractivity contribution in [1.29, 1.82) is 0 Å². The number of nitrogens with one attached hydrogen (secondary N) is 1. The molecule has 1 fully saturated rings. The van der Waals surface area contributed by atoms with Gasteiger partial charge in [0, 0.05) is 0 Å². The van der Waals surface area contributed by atoms with Crippen molar-refractivity contribution in [3.8, 4) is 11.5 Å². The number of hydrogen-bond donors (Lipinski definition) is 2. The van der Waals surface area contributed by atoms with Crippen molar-refractivity contribution < 1.29 is 29.0 Å². The van der Waals surface area contributed by atoms with Crippen LogP contribution in [0.2, 0.25) is 0 Å². The molecular weight excluding hydrogens is 464 g/mol. The molecule has 33 heavy (non-hydrogen) atoms. The summed E-state index contributed by atoms with van der Waals surface area (Å²) >= 11 is 6.33. The summed E-state index contributed by atoms with van der Waals surface area (Å²) in [5, 5.41) is 10.1. The molecule has 1 saturated heterocycles. The summed E-state index contributed by atoms with van der Waals surface area (Å²) < 4.78 is 11.2. The number of benzene rings is 2. The third-order valence-electron chi connectivity index (χ3n) is 4.45. The van der Waals surface area contributed by atoms with Crippen LogP contribution >= 0.6 is 24.0 Å². The summed E-state index contributed by atoms with van der Waals surface area (Å²) in [6.07, 6.45) is 0.686. The van der Waals surface area contributed by atoms with E-state index >= 15 is 0 Å². The van der Waals surface area contributed by atoms with Gasteiger partial charge in [-0.3, -0.25) is 15.0 Å². The Balaban J connectivity index is 1.74. The molecule has 1 aliphatic heterocycles. The van der Waals surface area contributed by atoms with E-state index in [1.54, 1.807) is 31.2 Å². The summed E-state index contributed by atoms with van der Waals surface area (Å²) in [7, 11) is 0. The lowest BCUT2D eigenvalue weighted by Gasteiger charge is -2.16. The first-order valence-corrected chi connectivity index (χ1v) is 11.3. The number of amides is 2. The molecule has 8 nitrogen and oxygen atoms in total. The fourth-order valence-electron chi connectivity index (χ4n) is 2.88. The Morgan fingerprint density at radius 2 is 1.94 bits per heavy atom. The normalized spacial score (nSPS) is 15.5. The number of hydrogen-bond acceptors (Lipinski definition) is 7. The van der Waals surface area contributed by atoms with Crippen LogP contribution in [0.15, 0.2) is 53.4 Å². The highest BCUT2D eigenvalue weighted by Crippen LogP contribution is 2.34. The zero-order chi connectivity index (χ0) is 24.0. The second-order valence-corrected chi connectivity index (χ2v) is 8.63. The summed E-state index contributed by atoms with van der Waals surface area (Å²) in [5.74, 6) is -1.26. The smallest absolute Gasteiger partial charge is 0.344 e. The van der Waals surface area contributed by atoms with E-state index in [2.05, 4.69) is 5.43 Å². The predicted molar refractivity (Wildman–Crippen MR) is 129 cm³/mol. The molecular formula is C23H22N2O6S2. The van der Waals surface area contributed by atoms with Gasteiger partial charge in [0.05, 0.1) is 17.9 Å². The minimum atomic E-state index is -1.10. The van der Waals surface area contributed by atoms with Crippen molar-refractivity contribution in [2.45, 2.75) is 26.4 Å². The van der Waals surface area contributed by atoms with Crippen LogP contribution in [0.4, 0.5) is 0 Å². The number of nitrogens with zero attached hydrogens (tertiary/aromatic N) is 1. The molecule has 1 heterocycles. The van der Waals surface area contributed by atoms with Gasteiger partial charge in [0.25, 0.3) is 5.91 Å². The Labute approximate surface area is 200 Å². The maximum absolute atomic E-state index is 12.8. The molecule has 2 aromatic rings. The molecule has 1 unspecified atom stereocenters. The van der Waals surface area contributed by atoms with Gasteiger partial charge < -0.3 is 14.6 Å². The quantitative estimate of drug-likeness (QED) is 0.410.